The van der Waals surface area contributed by atoms with Gasteiger partial charge in [-0.25, -0.2) is 4.79 Å². The van der Waals surface area contributed by atoms with Gasteiger partial charge >= 0.3 is 6.03 Å². The molecule has 1 aromatic rings. The van der Waals surface area contributed by atoms with Crippen molar-refractivity contribution in [2.75, 3.05) is 20.2 Å². The molecule has 0 radical (unpaired) electrons. The molecule has 0 spiro atoms. The minimum Gasteiger partial charge on any atom is -0.497 e. The molecule has 1 fully saturated rings. The van der Waals surface area contributed by atoms with Gasteiger partial charge in [0, 0.05) is 13.1 Å². The van der Waals surface area contributed by atoms with Gasteiger partial charge in [-0.15, -0.1) is 0 Å². The number of benzene rings is 1. The maximum Gasteiger partial charge on any atom is 0.317 e. The van der Waals surface area contributed by atoms with Gasteiger partial charge in [-0.3, -0.25) is 0 Å². The number of ether oxygens (including phenoxy) is 1. The summed E-state index contributed by atoms with van der Waals surface area (Å²) in [7, 11) is 1.65. The Kier molecular flexibility index (Phi) is 6.49. The van der Waals surface area contributed by atoms with E-state index in [-0.39, 0.29) is 12.1 Å². The highest BCUT2D eigenvalue weighted by Crippen LogP contribution is 2.24. The third-order valence-corrected chi connectivity index (χ3v) is 4.79. The number of methoxy groups -OCH3 is 1. The maximum absolute atomic E-state index is 12.6. The van der Waals surface area contributed by atoms with Gasteiger partial charge in [0.2, 0.25) is 0 Å². The topological polar surface area (TPSA) is 61.8 Å². The third kappa shape index (κ3) is 5.13. The van der Waals surface area contributed by atoms with Crippen LogP contribution in [0.1, 0.15) is 57.6 Å². The molecule has 2 rings (SSSR count). The minimum absolute atomic E-state index is 0.00536. The van der Waals surface area contributed by atoms with Crippen LogP contribution in [0.3, 0.4) is 0 Å². The lowest BCUT2D eigenvalue weighted by Gasteiger charge is -2.36. The molecule has 0 unspecified atom stereocenters. The Morgan fingerprint density at radius 1 is 1.33 bits per heavy atom. The smallest absolute Gasteiger partial charge is 0.317 e. The average molecular weight is 334 g/mol. The second kappa shape index (κ2) is 8.38. The number of hydrogen-bond donors (Lipinski definition) is 2. The molecule has 1 atom stereocenters. The van der Waals surface area contributed by atoms with Gasteiger partial charge in [-0.05, 0) is 43.9 Å². The van der Waals surface area contributed by atoms with Crippen molar-refractivity contribution in [3.05, 3.63) is 29.8 Å². The van der Waals surface area contributed by atoms with Crippen LogP contribution in [0.15, 0.2) is 24.3 Å². The van der Waals surface area contributed by atoms with Crippen molar-refractivity contribution in [3.63, 3.8) is 0 Å². The van der Waals surface area contributed by atoms with E-state index in [0.717, 1.165) is 30.6 Å². The number of aliphatic hydroxyl groups is 1. The van der Waals surface area contributed by atoms with E-state index >= 15 is 0 Å². The predicted molar refractivity (Wildman–Crippen MR) is 95.2 cm³/mol. The number of nitrogens with one attached hydrogen (secondary N) is 1. The summed E-state index contributed by atoms with van der Waals surface area (Å²) < 4.78 is 5.21. The van der Waals surface area contributed by atoms with Crippen LogP contribution in [0, 0.1) is 0 Å². The summed E-state index contributed by atoms with van der Waals surface area (Å²) >= 11 is 0. The number of piperidine rings is 1. The Balaban J connectivity index is 2.00. The Hall–Kier alpha value is -1.75. The lowest BCUT2D eigenvalue weighted by molar-refractivity contribution is 0.00410. The quantitative estimate of drug-likeness (QED) is 0.837. The zero-order valence-corrected chi connectivity index (χ0v) is 15.0. The molecule has 5 nitrogen and oxygen atoms in total. The summed E-state index contributed by atoms with van der Waals surface area (Å²) in [6.07, 6.45) is 4.33. The highest BCUT2D eigenvalue weighted by Gasteiger charge is 2.30. The van der Waals surface area contributed by atoms with Crippen LogP contribution < -0.4 is 10.1 Å². The first kappa shape index (κ1) is 18.6. The zero-order chi connectivity index (χ0) is 17.6. The van der Waals surface area contributed by atoms with Gasteiger partial charge in [0.1, 0.15) is 5.75 Å². The lowest BCUT2D eigenvalue weighted by Crippen LogP contribution is -2.49. The van der Waals surface area contributed by atoms with E-state index < -0.39 is 5.60 Å². The van der Waals surface area contributed by atoms with Gasteiger partial charge < -0.3 is 20.1 Å². The molecule has 134 valence electrons. The van der Waals surface area contributed by atoms with Crippen molar-refractivity contribution in [1.82, 2.24) is 10.2 Å². The fourth-order valence-corrected chi connectivity index (χ4v) is 3.00. The van der Waals surface area contributed by atoms with Gasteiger partial charge in [0.05, 0.1) is 18.8 Å². The van der Waals surface area contributed by atoms with Crippen LogP contribution in [0.2, 0.25) is 0 Å². The van der Waals surface area contributed by atoms with Crippen LogP contribution in [0.5, 0.6) is 5.75 Å². The van der Waals surface area contributed by atoms with Crippen molar-refractivity contribution in [2.45, 2.75) is 57.6 Å². The van der Waals surface area contributed by atoms with Crippen LogP contribution in [-0.4, -0.2) is 41.8 Å². The van der Waals surface area contributed by atoms with Crippen molar-refractivity contribution in [3.8, 4) is 5.75 Å². The fourth-order valence-electron chi connectivity index (χ4n) is 3.00. The summed E-state index contributed by atoms with van der Waals surface area (Å²) in [5, 5.41) is 13.2. The van der Waals surface area contributed by atoms with Crippen molar-refractivity contribution < 1.29 is 14.6 Å². The van der Waals surface area contributed by atoms with E-state index in [4.69, 9.17) is 4.74 Å². The number of unbranched alkanes of at least 4 members (excludes halogenated alkanes) is 1. The SMILES string of the molecule is CCCC[C@H](NC(=O)N1CCC(C)(O)CC1)c1ccc(OC)cc1. The molecule has 2 amide bonds. The summed E-state index contributed by atoms with van der Waals surface area (Å²) in [6.45, 7) is 5.19. The highest BCUT2D eigenvalue weighted by molar-refractivity contribution is 5.74. The molecule has 0 aromatic heterocycles. The Morgan fingerprint density at radius 3 is 2.50 bits per heavy atom. The number of likely N-dealkylation sites (tertiary alicyclic amines) is 1. The predicted octanol–water partition coefficient (Wildman–Crippen LogP) is 3.48. The second-order valence-corrected chi connectivity index (χ2v) is 6.90. The third-order valence-electron chi connectivity index (χ3n) is 4.79. The number of rotatable bonds is 6. The second-order valence-electron chi connectivity index (χ2n) is 6.90. The van der Waals surface area contributed by atoms with E-state index in [9.17, 15) is 9.90 Å². The summed E-state index contributed by atoms with van der Waals surface area (Å²) in [4.78, 5) is 14.4. The van der Waals surface area contributed by atoms with Gasteiger partial charge in [0.15, 0.2) is 0 Å². The van der Waals surface area contributed by atoms with Crippen molar-refractivity contribution in [2.24, 2.45) is 0 Å². The standard InChI is InChI=1S/C19H30N2O3/c1-4-5-6-17(15-7-9-16(24-3)10-8-15)20-18(22)21-13-11-19(2,23)12-14-21/h7-10,17,23H,4-6,11-14H2,1-3H3,(H,20,22)/t17-/m0/s1. The monoisotopic (exact) mass is 334 g/mol. The van der Waals surface area contributed by atoms with Crippen LogP contribution in [0.4, 0.5) is 4.79 Å². The summed E-state index contributed by atoms with van der Waals surface area (Å²) in [5.41, 5.74) is 0.454. The fraction of sp³-hybridized carbons (Fsp3) is 0.632. The van der Waals surface area contributed by atoms with Crippen LogP contribution in [0.25, 0.3) is 0 Å². The van der Waals surface area contributed by atoms with Crippen molar-refractivity contribution in [1.29, 1.82) is 0 Å². The molecule has 0 aliphatic carbocycles. The van der Waals surface area contributed by atoms with Gasteiger partial charge in [-0.1, -0.05) is 31.9 Å². The number of carbonyl (C=O) groups excluding carboxylic acids is 1. The van der Waals surface area contributed by atoms with E-state index in [2.05, 4.69) is 12.2 Å². The molecule has 1 aromatic carbocycles. The average Bonchev–Trinajstić information content (AvgIpc) is 2.58. The van der Waals surface area contributed by atoms with Gasteiger partial charge in [-0.2, -0.15) is 0 Å². The number of nitrogens with zero attached hydrogens (tertiary/aromatic N) is 1. The molecule has 5 heteroatoms. The first-order valence-electron chi connectivity index (χ1n) is 8.87. The summed E-state index contributed by atoms with van der Waals surface area (Å²) in [6, 6.07) is 7.85. The van der Waals surface area contributed by atoms with E-state index in [0.29, 0.717) is 25.9 Å². The normalized spacial score (nSPS) is 18.1. The van der Waals surface area contributed by atoms with Gasteiger partial charge in [0.25, 0.3) is 0 Å². The number of amides is 2. The lowest BCUT2D eigenvalue weighted by atomic mass is 9.94. The highest BCUT2D eigenvalue weighted by atomic mass is 16.5. The van der Waals surface area contributed by atoms with E-state index in [1.807, 2.05) is 31.2 Å². The maximum atomic E-state index is 12.6. The molecule has 1 aliphatic heterocycles. The van der Waals surface area contributed by atoms with Crippen LogP contribution >= 0.6 is 0 Å². The summed E-state index contributed by atoms with van der Waals surface area (Å²) in [5.74, 6) is 0.817. The molecule has 1 aliphatic rings. The molecule has 0 saturated carbocycles. The van der Waals surface area contributed by atoms with E-state index in [1.54, 1.807) is 12.0 Å². The molecule has 1 heterocycles. The van der Waals surface area contributed by atoms with Crippen LogP contribution in [-0.2, 0) is 0 Å². The Morgan fingerprint density at radius 2 is 1.96 bits per heavy atom. The number of carbonyl (C=O) groups is 1. The Labute approximate surface area is 145 Å². The molecule has 0 bridgehead atoms. The Bertz CT molecular complexity index is 518. The molecule has 1 saturated heterocycles. The largest absolute Gasteiger partial charge is 0.497 e. The molecule has 2 N–H and O–H groups in total. The molecular weight excluding hydrogens is 304 g/mol. The molecule has 24 heavy (non-hydrogen) atoms. The van der Waals surface area contributed by atoms with E-state index in [1.165, 1.54) is 0 Å². The number of hydrogen-bond acceptors (Lipinski definition) is 3. The van der Waals surface area contributed by atoms with Crippen molar-refractivity contribution >= 4 is 6.03 Å². The first-order chi connectivity index (χ1) is 11.4. The first-order valence-corrected chi connectivity index (χ1v) is 8.87. The minimum atomic E-state index is -0.644. The molecular formula is C19H30N2O3. The number of urea groups is 1. The zero-order valence-electron chi connectivity index (χ0n) is 15.0.